The van der Waals surface area contributed by atoms with Crippen LogP contribution in [0.15, 0.2) is 30.4 Å². The van der Waals surface area contributed by atoms with Gasteiger partial charge >= 0.3 is 5.97 Å². The van der Waals surface area contributed by atoms with Crippen LogP contribution in [0.5, 0.6) is 5.75 Å². The van der Waals surface area contributed by atoms with Gasteiger partial charge in [-0.2, -0.15) is 0 Å². The van der Waals surface area contributed by atoms with Crippen molar-refractivity contribution in [3.63, 3.8) is 0 Å². The Morgan fingerprint density at radius 2 is 2.06 bits per heavy atom. The fourth-order valence-electron chi connectivity index (χ4n) is 4.72. The molecule has 1 aromatic rings. The number of halogens is 1. The first-order valence-electron chi connectivity index (χ1n) is 11.4. The molecule has 2 aliphatic carbocycles. The Hall–Kier alpha value is -0.456. The Morgan fingerprint density at radius 3 is 2.84 bits per heavy atom. The van der Waals surface area contributed by atoms with E-state index in [1.165, 1.54) is 0 Å². The molecule has 0 aromatic heterocycles. The van der Waals surface area contributed by atoms with Gasteiger partial charge in [0, 0.05) is 50.4 Å². The van der Waals surface area contributed by atoms with Crippen molar-refractivity contribution in [1.29, 1.82) is 0 Å². The summed E-state index contributed by atoms with van der Waals surface area (Å²) in [6.07, 6.45) is 9.18. The van der Waals surface area contributed by atoms with Crippen molar-refractivity contribution < 1.29 is 57.2 Å². The first-order valence-corrected chi connectivity index (χ1v) is 11.8. The van der Waals surface area contributed by atoms with E-state index in [0.29, 0.717) is 19.4 Å². The fourth-order valence-corrected chi connectivity index (χ4v) is 5.20. The van der Waals surface area contributed by atoms with E-state index >= 15 is 0 Å². The molecule has 3 rings (SSSR count). The van der Waals surface area contributed by atoms with E-state index in [-0.39, 0.29) is 62.5 Å². The second kappa shape index (κ2) is 14.1. The number of ether oxygens (including phenoxy) is 2. The largest absolute Gasteiger partial charge is 0.499 e. The molecule has 0 heterocycles. The van der Waals surface area contributed by atoms with E-state index in [0.717, 1.165) is 55.4 Å². The number of esters is 1. The number of carbonyl (C=O) groups is 1. The molecule has 0 spiro atoms. The van der Waals surface area contributed by atoms with Crippen LogP contribution in [0.2, 0.25) is 0 Å². The SMILES string of the molecule is [CH2-]COC(=O)CCC/C=C\C[C@@H]1[C@@H](COc2cccc3c2CCCC3O)[C@H](O)C[C@H]1Cl.[Y]. The summed E-state index contributed by atoms with van der Waals surface area (Å²) in [5, 5.41) is 20.7. The Labute approximate surface area is 221 Å². The molecule has 7 heteroatoms. The molecule has 0 bridgehead atoms. The second-order valence-corrected chi connectivity index (χ2v) is 9.07. The number of hydrogen-bond donors (Lipinski definition) is 2. The van der Waals surface area contributed by atoms with Crippen molar-refractivity contribution in [3.8, 4) is 5.75 Å². The van der Waals surface area contributed by atoms with E-state index in [9.17, 15) is 15.0 Å². The zero-order chi connectivity index (χ0) is 22.2. The smallest absolute Gasteiger partial charge is 0.303 e. The molecule has 5 atom stereocenters. The number of hydrogen-bond acceptors (Lipinski definition) is 5. The van der Waals surface area contributed by atoms with Gasteiger partial charge < -0.3 is 26.6 Å². The minimum atomic E-state index is -0.483. The number of aliphatic hydroxyl groups is 2. The van der Waals surface area contributed by atoms with Crippen LogP contribution in [0.4, 0.5) is 0 Å². The Morgan fingerprint density at radius 1 is 1.25 bits per heavy atom. The molecule has 1 aromatic carbocycles. The predicted octanol–water partition coefficient (Wildman–Crippen LogP) is 4.53. The maximum Gasteiger partial charge on any atom is 0.303 e. The molecule has 2 aliphatic rings. The number of alkyl halides is 1. The molecular weight excluding hydrogens is 505 g/mol. The number of benzene rings is 1. The topological polar surface area (TPSA) is 76.0 Å². The average molecular weight is 539 g/mol. The summed E-state index contributed by atoms with van der Waals surface area (Å²) in [7, 11) is 0. The molecule has 1 unspecified atom stereocenters. The van der Waals surface area contributed by atoms with Crippen LogP contribution in [-0.4, -0.2) is 40.9 Å². The van der Waals surface area contributed by atoms with Crippen molar-refractivity contribution in [3.05, 3.63) is 48.4 Å². The third kappa shape index (κ3) is 7.53. The number of allylic oxidation sites excluding steroid dienone is 2. The summed E-state index contributed by atoms with van der Waals surface area (Å²) >= 11 is 6.55. The van der Waals surface area contributed by atoms with Crippen molar-refractivity contribution in [2.75, 3.05) is 13.2 Å². The van der Waals surface area contributed by atoms with Gasteiger partial charge in [-0.3, -0.25) is 4.79 Å². The van der Waals surface area contributed by atoms with Crippen molar-refractivity contribution in [2.24, 2.45) is 11.8 Å². The Kier molecular flexibility index (Phi) is 12.2. The van der Waals surface area contributed by atoms with Crippen LogP contribution in [0.3, 0.4) is 0 Å². The molecular formula is C25H34ClO5Y-. The second-order valence-electron chi connectivity index (χ2n) is 8.51. The van der Waals surface area contributed by atoms with Gasteiger partial charge in [0.25, 0.3) is 0 Å². The van der Waals surface area contributed by atoms with Gasteiger partial charge in [0.1, 0.15) is 5.75 Å². The number of fused-ring (bicyclic) bond motifs is 1. The van der Waals surface area contributed by atoms with Gasteiger partial charge in [-0.05, 0) is 74.7 Å². The van der Waals surface area contributed by atoms with E-state index in [4.69, 9.17) is 21.1 Å². The monoisotopic (exact) mass is 538 g/mol. The number of aliphatic hydroxyl groups excluding tert-OH is 2. The van der Waals surface area contributed by atoms with Crippen LogP contribution in [0.1, 0.15) is 62.2 Å². The normalized spacial score (nSPS) is 27.1. The van der Waals surface area contributed by atoms with Crippen LogP contribution in [-0.2, 0) is 48.7 Å². The van der Waals surface area contributed by atoms with Gasteiger partial charge in [-0.25, -0.2) is 0 Å². The van der Waals surface area contributed by atoms with Gasteiger partial charge in [0.2, 0.25) is 0 Å². The molecule has 2 N–H and O–H groups in total. The predicted molar refractivity (Wildman–Crippen MR) is 121 cm³/mol. The van der Waals surface area contributed by atoms with E-state index in [2.05, 4.69) is 19.1 Å². The van der Waals surface area contributed by atoms with Crippen LogP contribution in [0.25, 0.3) is 0 Å². The molecule has 1 radical (unpaired) electrons. The minimum absolute atomic E-state index is 0. The zero-order valence-electron chi connectivity index (χ0n) is 18.6. The molecule has 5 nitrogen and oxygen atoms in total. The zero-order valence-corrected chi connectivity index (χ0v) is 22.2. The van der Waals surface area contributed by atoms with Crippen molar-refractivity contribution in [2.45, 2.75) is 69.0 Å². The van der Waals surface area contributed by atoms with Crippen LogP contribution < -0.4 is 4.74 Å². The third-order valence-electron chi connectivity index (χ3n) is 6.43. The molecule has 0 aliphatic heterocycles. The van der Waals surface area contributed by atoms with E-state index < -0.39 is 12.2 Å². The van der Waals surface area contributed by atoms with Crippen molar-refractivity contribution in [1.82, 2.24) is 0 Å². The fraction of sp³-hybridized carbons (Fsp3) is 0.600. The summed E-state index contributed by atoms with van der Waals surface area (Å²) in [6.45, 7) is 4.08. The molecule has 0 amide bonds. The molecule has 32 heavy (non-hydrogen) atoms. The number of carbonyl (C=O) groups excluding carboxylic acids is 1. The number of rotatable bonds is 10. The van der Waals surface area contributed by atoms with Gasteiger partial charge in [0.15, 0.2) is 0 Å². The Balaban J connectivity index is 0.00000363. The van der Waals surface area contributed by atoms with E-state index in [1.807, 2.05) is 18.2 Å². The first-order chi connectivity index (χ1) is 15.0. The van der Waals surface area contributed by atoms with Crippen molar-refractivity contribution >= 4 is 17.6 Å². The van der Waals surface area contributed by atoms with E-state index in [1.54, 1.807) is 0 Å². The average Bonchev–Trinajstić information content (AvgIpc) is 3.02. The third-order valence-corrected chi connectivity index (χ3v) is 6.93. The summed E-state index contributed by atoms with van der Waals surface area (Å²) in [5.41, 5.74) is 2.05. The van der Waals surface area contributed by atoms with Crippen LogP contribution in [0, 0.1) is 18.8 Å². The molecule has 1 fully saturated rings. The number of unbranched alkanes of at least 4 members (excludes halogenated alkanes) is 1. The van der Waals surface area contributed by atoms with Gasteiger partial charge in [0.05, 0.1) is 18.8 Å². The summed E-state index contributed by atoms with van der Waals surface area (Å²) in [5.74, 6) is 0.693. The maximum atomic E-state index is 11.3. The minimum Gasteiger partial charge on any atom is -0.499 e. The molecule has 1 saturated carbocycles. The van der Waals surface area contributed by atoms with Gasteiger partial charge in [-0.1, -0.05) is 24.3 Å². The Bertz CT molecular complexity index is 756. The quantitative estimate of drug-likeness (QED) is 0.150. The summed E-state index contributed by atoms with van der Waals surface area (Å²) < 4.78 is 11.0. The first kappa shape index (κ1) is 27.8. The standard InChI is InChI=1S/C25H34ClO5.Y/c1-2-30-25(29)14-6-4-3-5-9-17-20(23(28)15-21(17)26)16-31-24-13-8-10-18-19(24)11-7-12-22(18)27;/h3,5,8,10,13,17,20-23,27-28H,1-2,4,6-7,9,11-12,14-16H2;/q-1;/b5-3-;/t17-,20-,21-,22?,23-;/m1./s1. The molecule has 175 valence electrons. The van der Waals surface area contributed by atoms with Gasteiger partial charge in [-0.15, -0.1) is 11.6 Å². The molecule has 0 saturated heterocycles. The summed E-state index contributed by atoms with van der Waals surface area (Å²) in [6, 6.07) is 5.84. The maximum absolute atomic E-state index is 11.3. The van der Waals surface area contributed by atoms with Crippen LogP contribution >= 0.6 is 11.6 Å². The summed E-state index contributed by atoms with van der Waals surface area (Å²) in [4.78, 5) is 11.3.